The molecule has 0 radical (unpaired) electrons. The Balaban J connectivity index is 1.76. The summed E-state index contributed by atoms with van der Waals surface area (Å²) in [6, 6.07) is 7.52. The molecule has 1 atom stereocenters. The van der Waals surface area contributed by atoms with Crippen molar-refractivity contribution in [3.05, 3.63) is 46.3 Å². The number of benzene rings is 1. The lowest BCUT2D eigenvalue weighted by atomic mass is 10.2. The van der Waals surface area contributed by atoms with E-state index >= 15 is 0 Å². The molecule has 1 aliphatic heterocycles. The van der Waals surface area contributed by atoms with Crippen molar-refractivity contribution in [1.82, 2.24) is 18.9 Å². The predicted octanol–water partition coefficient (Wildman–Crippen LogP) is 2.27. The fourth-order valence-electron chi connectivity index (χ4n) is 3.35. The van der Waals surface area contributed by atoms with Gasteiger partial charge in [0.05, 0.1) is 16.9 Å². The molecule has 1 fully saturated rings. The SMILES string of the molecule is COCc1nsc(N2CCCC2c2nc3ccccc3c(=O)n2C)n1. The van der Waals surface area contributed by atoms with E-state index in [9.17, 15) is 4.79 Å². The first kappa shape index (κ1) is 16.2. The maximum atomic E-state index is 12.7. The van der Waals surface area contributed by atoms with E-state index in [2.05, 4.69) is 14.3 Å². The number of ether oxygens (including phenoxy) is 1. The predicted molar refractivity (Wildman–Crippen MR) is 96.9 cm³/mol. The Morgan fingerprint density at radius 1 is 1.32 bits per heavy atom. The van der Waals surface area contributed by atoms with Gasteiger partial charge in [0.25, 0.3) is 5.56 Å². The van der Waals surface area contributed by atoms with Crippen LogP contribution in [0.2, 0.25) is 0 Å². The first-order chi connectivity index (χ1) is 12.2. The lowest BCUT2D eigenvalue weighted by Crippen LogP contribution is -2.30. The van der Waals surface area contributed by atoms with Crippen LogP contribution >= 0.6 is 11.5 Å². The number of hydrogen-bond donors (Lipinski definition) is 0. The van der Waals surface area contributed by atoms with Gasteiger partial charge in [-0.1, -0.05) is 12.1 Å². The maximum absolute atomic E-state index is 12.7. The van der Waals surface area contributed by atoms with Crippen LogP contribution in [0.5, 0.6) is 0 Å². The van der Waals surface area contributed by atoms with Crippen molar-refractivity contribution in [2.75, 3.05) is 18.6 Å². The zero-order valence-corrected chi connectivity index (χ0v) is 15.0. The van der Waals surface area contributed by atoms with Crippen molar-refractivity contribution in [2.24, 2.45) is 7.05 Å². The summed E-state index contributed by atoms with van der Waals surface area (Å²) in [4.78, 5) is 24.3. The summed E-state index contributed by atoms with van der Waals surface area (Å²) < 4.78 is 11.1. The van der Waals surface area contributed by atoms with Gasteiger partial charge in [-0.05, 0) is 25.0 Å². The van der Waals surface area contributed by atoms with E-state index in [0.717, 1.165) is 35.9 Å². The summed E-state index contributed by atoms with van der Waals surface area (Å²) in [6.45, 7) is 1.29. The molecule has 1 unspecified atom stereocenters. The van der Waals surface area contributed by atoms with Crippen LogP contribution in [-0.4, -0.2) is 32.6 Å². The van der Waals surface area contributed by atoms with Crippen LogP contribution in [-0.2, 0) is 18.4 Å². The first-order valence-electron chi connectivity index (χ1n) is 8.23. The van der Waals surface area contributed by atoms with Gasteiger partial charge in [0.1, 0.15) is 12.4 Å². The molecule has 4 rings (SSSR count). The number of aromatic nitrogens is 4. The van der Waals surface area contributed by atoms with Gasteiger partial charge in [-0.15, -0.1) is 0 Å². The molecule has 2 aromatic heterocycles. The molecular weight excluding hydrogens is 338 g/mol. The summed E-state index contributed by atoms with van der Waals surface area (Å²) >= 11 is 1.37. The minimum Gasteiger partial charge on any atom is -0.377 e. The van der Waals surface area contributed by atoms with Crippen LogP contribution < -0.4 is 10.5 Å². The third-order valence-corrected chi connectivity index (χ3v) is 5.34. The van der Waals surface area contributed by atoms with E-state index in [-0.39, 0.29) is 11.6 Å². The van der Waals surface area contributed by atoms with E-state index in [1.165, 1.54) is 11.5 Å². The molecule has 3 heterocycles. The summed E-state index contributed by atoms with van der Waals surface area (Å²) in [5.74, 6) is 1.47. The molecule has 7 nitrogen and oxygen atoms in total. The van der Waals surface area contributed by atoms with Crippen LogP contribution in [0.25, 0.3) is 10.9 Å². The summed E-state index contributed by atoms with van der Waals surface area (Å²) in [7, 11) is 3.43. The van der Waals surface area contributed by atoms with Crippen LogP contribution in [0.1, 0.15) is 30.5 Å². The molecular formula is C17H19N5O2S. The highest BCUT2D eigenvalue weighted by Crippen LogP contribution is 2.36. The second-order valence-corrected chi connectivity index (χ2v) is 6.86. The van der Waals surface area contributed by atoms with Gasteiger partial charge in [-0.25, -0.2) is 9.97 Å². The van der Waals surface area contributed by atoms with E-state index in [1.54, 1.807) is 18.7 Å². The van der Waals surface area contributed by atoms with Gasteiger partial charge < -0.3 is 9.64 Å². The van der Waals surface area contributed by atoms with Gasteiger partial charge in [-0.2, -0.15) is 4.37 Å². The summed E-state index contributed by atoms with van der Waals surface area (Å²) in [5, 5.41) is 1.51. The van der Waals surface area contributed by atoms with Crippen molar-refractivity contribution in [3.63, 3.8) is 0 Å². The van der Waals surface area contributed by atoms with E-state index in [0.29, 0.717) is 17.8 Å². The third kappa shape index (κ3) is 2.81. The zero-order valence-electron chi connectivity index (χ0n) is 14.2. The Bertz CT molecular complexity index is 967. The van der Waals surface area contributed by atoms with E-state index in [4.69, 9.17) is 9.72 Å². The number of para-hydroxylation sites is 1. The highest BCUT2D eigenvalue weighted by atomic mass is 32.1. The molecule has 130 valence electrons. The lowest BCUT2D eigenvalue weighted by Gasteiger charge is -2.24. The highest BCUT2D eigenvalue weighted by Gasteiger charge is 2.32. The van der Waals surface area contributed by atoms with Crippen LogP contribution in [0.4, 0.5) is 5.13 Å². The molecule has 1 aromatic carbocycles. The second-order valence-electron chi connectivity index (χ2n) is 6.13. The quantitative estimate of drug-likeness (QED) is 0.713. The van der Waals surface area contributed by atoms with Crippen molar-refractivity contribution in [2.45, 2.75) is 25.5 Å². The molecule has 8 heteroatoms. The molecule has 1 aliphatic rings. The van der Waals surface area contributed by atoms with Gasteiger partial charge in [0.2, 0.25) is 5.13 Å². The van der Waals surface area contributed by atoms with Gasteiger partial charge in [0, 0.05) is 32.2 Å². The number of anilines is 1. The van der Waals surface area contributed by atoms with Gasteiger partial charge in [0.15, 0.2) is 5.82 Å². The Labute approximate surface area is 149 Å². The standard InChI is InChI=1S/C17H19N5O2S/c1-21-15(18-12-7-4-3-6-11(12)16(21)23)13-8-5-9-22(13)17-19-14(10-24-2)20-25-17/h3-4,6-7,13H,5,8-10H2,1-2H3. The van der Waals surface area contributed by atoms with E-state index < -0.39 is 0 Å². The first-order valence-corrected chi connectivity index (χ1v) is 9.00. The summed E-state index contributed by atoms with van der Waals surface area (Å²) in [6.07, 6.45) is 1.98. The van der Waals surface area contributed by atoms with Crippen molar-refractivity contribution >= 4 is 27.6 Å². The largest absolute Gasteiger partial charge is 0.377 e. The molecule has 0 aliphatic carbocycles. The molecule has 0 bridgehead atoms. The number of rotatable bonds is 4. The van der Waals surface area contributed by atoms with Gasteiger partial charge >= 0.3 is 0 Å². The van der Waals surface area contributed by atoms with Crippen LogP contribution in [0.15, 0.2) is 29.1 Å². The third-order valence-electron chi connectivity index (χ3n) is 4.55. The highest BCUT2D eigenvalue weighted by molar-refractivity contribution is 7.09. The van der Waals surface area contributed by atoms with Crippen LogP contribution in [0, 0.1) is 0 Å². The molecule has 0 spiro atoms. The molecule has 25 heavy (non-hydrogen) atoms. The fourth-order valence-corrected chi connectivity index (χ4v) is 4.10. The number of nitrogens with zero attached hydrogens (tertiary/aromatic N) is 5. The molecule has 0 N–H and O–H groups in total. The number of hydrogen-bond acceptors (Lipinski definition) is 7. The monoisotopic (exact) mass is 357 g/mol. The normalized spacial score (nSPS) is 17.5. The smallest absolute Gasteiger partial charge is 0.261 e. The minimum absolute atomic E-state index is 0.00946. The van der Waals surface area contributed by atoms with E-state index in [1.807, 2.05) is 24.3 Å². The average molecular weight is 357 g/mol. The van der Waals surface area contributed by atoms with Gasteiger partial charge in [-0.3, -0.25) is 9.36 Å². The van der Waals surface area contributed by atoms with Crippen molar-refractivity contribution < 1.29 is 4.74 Å². The van der Waals surface area contributed by atoms with Crippen molar-refractivity contribution in [3.8, 4) is 0 Å². The van der Waals surface area contributed by atoms with Crippen LogP contribution in [0.3, 0.4) is 0 Å². The number of fused-ring (bicyclic) bond motifs is 1. The molecule has 0 amide bonds. The fraction of sp³-hybridized carbons (Fsp3) is 0.412. The number of methoxy groups -OCH3 is 1. The topological polar surface area (TPSA) is 73.1 Å². The second kappa shape index (κ2) is 6.53. The van der Waals surface area contributed by atoms with Crippen molar-refractivity contribution in [1.29, 1.82) is 0 Å². The summed E-state index contributed by atoms with van der Waals surface area (Å²) in [5.41, 5.74) is 0.731. The average Bonchev–Trinajstić information content (AvgIpc) is 3.27. The Kier molecular flexibility index (Phi) is 4.22. The minimum atomic E-state index is -0.00946. The maximum Gasteiger partial charge on any atom is 0.261 e. The molecule has 3 aromatic rings. The zero-order chi connectivity index (χ0) is 17.4. The molecule has 1 saturated heterocycles. The Morgan fingerprint density at radius 3 is 3.00 bits per heavy atom. The molecule has 0 saturated carbocycles. The lowest BCUT2D eigenvalue weighted by molar-refractivity contribution is 0.179. The Hall–Kier alpha value is -2.32. The Morgan fingerprint density at radius 2 is 2.16 bits per heavy atom.